The number of ether oxygens (including phenoxy) is 2. The number of rotatable bonds is 9. The van der Waals surface area contributed by atoms with Gasteiger partial charge in [0.05, 0.1) is 13.2 Å². The standard InChI is InChI=1S/C54H38O4/c55-33-39-31-47(35-15-3-1-4-16-35)53(45-25-13-11-21-41(39)45)57-49-29-27-37-19-7-9-23-43(37)51(49)52-44-24-10-8-20-38(44)28-30-50(52)58-54-46-26-14-12-22-42(46)40(34-56)32-48(54)36-17-5-2-6-18-36/h1-32,55-56H,33-34H2. The fourth-order valence-electron chi connectivity index (χ4n) is 8.40. The van der Waals surface area contributed by atoms with Crippen molar-refractivity contribution < 1.29 is 19.7 Å². The number of hydrogen-bond acceptors (Lipinski definition) is 4. The molecule has 2 N–H and O–H groups in total. The summed E-state index contributed by atoms with van der Waals surface area (Å²) in [6.45, 7) is -0.199. The highest BCUT2D eigenvalue weighted by Gasteiger charge is 2.24. The summed E-state index contributed by atoms with van der Waals surface area (Å²) in [5.74, 6) is 2.75. The molecule has 278 valence electrons. The van der Waals surface area contributed by atoms with Crippen molar-refractivity contribution in [3.63, 3.8) is 0 Å². The van der Waals surface area contributed by atoms with Crippen LogP contribution < -0.4 is 9.47 Å². The highest BCUT2D eigenvalue weighted by molar-refractivity contribution is 6.11. The molecule has 58 heavy (non-hydrogen) atoms. The van der Waals surface area contributed by atoms with Gasteiger partial charge in [-0.25, -0.2) is 0 Å². The molecule has 0 heterocycles. The first-order valence-electron chi connectivity index (χ1n) is 19.5. The van der Waals surface area contributed by atoms with Gasteiger partial charge in [0.25, 0.3) is 0 Å². The van der Waals surface area contributed by atoms with E-state index >= 15 is 0 Å². The molecule has 0 bridgehead atoms. The molecular weight excluding hydrogens is 713 g/mol. The van der Waals surface area contributed by atoms with Crippen LogP contribution in [-0.4, -0.2) is 10.2 Å². The van der Waals surface area contributed by atoms with Crippen LogP contribution in [0.4, 0.5) is 0 Å². The first-order chi connectivity index (χ1) is 28.7. The van der Waals surface area contributed by atoms with Crippen molar-refractivity contribution in [3.8, 4) is 56.4 Å². The van der Waals surface area contributed by atoms with Crippen LogP contribution in [0.15, 0.2) is 194 Å². The smallest absolute Gasteiger partial charge is 0.143 e. The minimum absolute atomic E-state index is 0.0997. The second kappa shape index (κ2) is 15.0. The lowest BCUT2D eigenvalue weighted by Crippen LogP contribution is -1.99. The van der Waals surface area contributed by atoms with Gasteiger partial charge in [-0.1, -0.05) is 170 Å². The molecule has 0 saturated heterocycles. The minimum Gasteiger partial charge on any atom is -0.455 e. The van der Waals surface area contributed by atoms with Gasteiger partial charge in [0.1, 0.15) is 23.0 Å². The van der Waals surface area contributed by atoms with Gasteiger partial charge < -0.3 is 19.7 Å². The Balaban J connectivity index is 1.27. The fourth-order valence-corrected chi connectivity index (χ4v) is 8.40. The van der Waals surface area contributed by atoms with E-state index in [4.69, 9.17) is 9.47 Å². The molecule has 0 amide bonds. The summed E-state index contributed by atoms with van der Waals surface area (Å²) in [4.78, 5) is 0. The largest absolute Gasteiger partial charge is 0.455 e. The zero-order valence-corrected chi connectivity index (χ0v) is 31.6. The van der Waals surface area contributed by atoms with E-state index in [9.17, 15) is 10.2 Å². The van der Waals surface area contributed by atoms with Crippen molar-refractivity contribution in [2.45, 2.75) is 13.2 Å². The Bertz CT molecular complexity index is 2920. The molecule has 4 nitrogen and oxygen atoms in total. The van der Waals surface area contributed by atoms with E-state index in [0.29, 0.717) is 23.0 Å². The monoisotopic (exact) mass is 750 g/mol. The lowest BCUT2D eigenvalue weighted by Gasteiger charge is -2.23. The predicted octanol–water partition coefficient (Wildman–Crippen LogP) is 13.9. The van der Waals surface area contributed by atoms with E-state index < -0.39 is 0 Å². The number of benzene rings is 10. The van der Waals surface area contributed by atoms with Crippen LogP contribution in [-0.2, 0) is 13.2 Å². The van der Waals surface area contributed by atoms with Crippen molar-refractivity contribution in [1.29, 1.82) is 0 Å². The first-order valence-corrected chi connectivity index (χ1v) is 19.5. The van der Waals surface area contributed by atoms with Gasteiger partial charge in [-0.3, -0.25) is 0 Å². The Morgan fingerprint density at radius 3 is 1.07 bits per heavy atom. The molecule has 0 unspecified atom stereocenters. The van der Waals surface area contributed by atoms with Gasteiger partial charge in [0, 0.05) is 33.0 Å². The third kappa shape index (κ3) is 6.12. The molecule has 10 aromatic carbocycles. The maximum Gasteiger partial charge on any atom is 0.143 e. The molecular formula is C54H38O4. The Morgan fingerprint density at radius 1 is 0.328 bits per heavy atom. The number of fused-ring (bicyclic) bond motifs is 4. The predicted molar refractivity (Wildman–Crippen MR) is 238 cm³/mol. The lowest BCUT2D eigenvalue weighted by molar-refractivity contribution is 0.283. The topological polar surface area (TPSA) is 58.9 Å². The van der Waals surface area contributed by atoms with E-state index in [2.05, 4.69) is 109 Å². The molecule has 0 atom stereocenters. The van der Waals surface area contributed by atoms with Crippen molar-refractivity contribution in [3.05, 3.63) is 205 Å². The molecule has 0 aliphatic heterocycles. The van der Waals surface area contributed by atoms with Gasteiger partial charge in [0.2, 0.25) is 0 Å². The highest BCUT2D eigenvalue weighted by Crippen LogP contribution is 2.51. The Hall–Kier alpha value is -7.24. The van der Waals surface area contributed by atoms with Crippen molar-refractivity contribution in [2.75, 3.05) is 0 Å². The summed E-state index contributed by atoms with van der Waals surface area (Å²) in [5.41, 5.74) is 7.22. The summed E-state index contributed by atoms with van der Waals surface area (Å²) in [6.07, 6.45) is 0. The molecule has 0 fully saturated rings. The van der Waals surface area contributed by atoms with Gasteiger partial charge in [-0.05, 0) is 78.8 Å². The molecule has 0 saturated carbocycles. The minimum atomic E-state index is -0.0997. The summed E-state index contributed by atoms with van der Waals surface area (Å²) < 4.78 is 14.7. The molecule has 0 aromatic heterocycles. The van der Waals surface area contributed by atoms with Crippen LogP contribution >= 0.6 is 0 Å². The van der Waals surface area contributed by atoms with Crippen LogP contribution in [0.25, 0.3) is 76.5 Å². The first kappa shape index (κ1) is 35.2. The third-order valence-corrected chi connectivity index (χ3v) is 11.1. The van der Waals surface area contributed by atoms with Crippen molar-refractivity contribution >= 4 is 43.1 Å². The van der Waals surface area contributed by atoms with Crippen LogP contribution in [0, 0.1) is 0 Å². The number of aliphatic hydroxyl groups is 2. The fraction of sp³-hybridized carbons (Fsp3) is 0.0370. The molecule has 0 radical (unpaired) electrons. The SMILES string of the molecule is OCc1cc(-c2ccccc2)c(Oc2ccc3ccccc3c2-c2c(Oc3c(-c4ccccc4)cc(CO)c4ccccc34)ccc3ccccc23)c2ccccc12. The maximum atomic E-state index is 10.6. The van der Waals surface area contributed by atoms with E-state index in [1.54, 1.807) is 0 Å². The van der Waals surface area contributed by atoms with Gasteiger partial charge in [-0.2, -0.15) is 0 Å². The summed E-state index contributed by atoms with van der Waals surface area (Å²) in [7, 11) is 0. The molecule has 10 aromatic rings. The van der Waals surface area contributed by atoms with E-state index in [1.807, 2.05) is 84.9 Å². The maximum absolute atomic E-state index is 10.6. The summed E-state index contributed by atoms with van der Waals surface area (Å²) >= 11 is 0. The van der Waals surface area contributed by atoms with E-state index in [-0.39, 0.29) is 13.2 Å². The number of hydrogen-bond donors (Lipinski definition) is 2. The number of aliphatic hydroxyl groups excluding tert-OH is 2. The van der Waals surface area contributed by atoms with Gasteiger partial charge in [0.15, 0.2) is 0 Å². The van der Waals surface area contributed by atoms with Gasteiger partial charge >= 0.3 is 0 Å². The molecule has 0 spiro atoms. The van der Waals surface area contributed by atoms with Crippen LogP contribution in [0.2, 0.25) is 0 Å². The Morgan fingerprint density at radius 2 is 0.672 bits per heavy atom. The van der Waals surface area contributed by atoms with Crippen molar-refractivity contribution in [2.24, 2.45) is 0 Å². The second-order valence-corrected chi connectivity index (χ2v) is 14.5. The molecule has 0 aliphatic carbocycles. The van der Waals surface area contributed by atoms with E-state index in [1.165, 1.54) is 0 Å². The normalized spacial score (nSPS) is 11.4. The lowest BCUT2D eigenvalue weighted by atomic mass is 9.91. The van der Waals surface area contributed by atoms with Crippen molar-refractivity contribution in [1.82, 2.24) is 0 Å². The average Bonchev–Trinajstić information content (AvgIpc) is 3.29. The zero-order valence-electron chi connectivity index (χ0n) is 31.6. The molecule has 0 aliphatic rings. The Kier molecular flexibility index (Phi) is 9.11. The zero-order chi connectivity index (χ0) is 39.0. The highest BCUT2D eigenvalue weighted by atomic mass is 16.5. The quantitative estimate of drug-likeness (QED) is 0.154. The molecule has 4 heteroatoms. The summed E-state index contributed by atoms with van der Waals surface area (Å²) in [5, 5.41) is 29.0. The van der Waals surface area contributed by atoms with Gasteiger partial charge in [-0.15, -0.1) is 0 Å². The van der Waals surface area contributed by atoms with E-state index in [0.717, 1.165) is 87.6 Å². The average molecular weight is 751 g/mol. The van der Waals surface area contributed by atoms with Crippen LogP contribution in [0.3, 0.4) is 0 Å². The summed E-state index contributed by atoms with van der Waals surface area (Å²) in [6, 6.07) is 65.9. The van der Waals surface area contributed by atoms with Crippen LogP contribution in [0.1, 0.15) is 11.1 Å². The molecule has 10 rings (SSSR count). The third-order valence-electron chi connectivity index (χ3n) is 11.1. The Labute approximate surface area is 336 Å². The second-order valence-electron chi connectivity index (χ2n) is 14.5. The van der Waals surface area contributed by atoms with Crippen LogP contribution in [0.5, 0.6) is 23.0 Å².